The molecular formula is C21H26BrNO2. The van der Waals surface area contributed by atoms with Crippen molar-refractivity contribution in [2.24, 2.45) is 0 Å². The monoisotopic (exact) mass is 403 g/mol. The van der Waals surface area contributed by atoms with Gasteiger partial charge in [-0.15, -0.1) is 0 Å². The van der Waals surface area contributed by atoms with Gasteiger partial charge in [0.05, 0.1) is 5.60 Å². The van der Waals surface area contributed by atoms with E-state index in [9.17, 15) is 5.11 Å². The van der Waals surface area contributed by atoms with E-state index in [2.05, 4.69) is 20.8 Å². The lowest BCUT2D eigenvalue weighted by atomic mass is 9.92. The van der Waals surface area contributed by atoms with Crippen LogP contribution < -0.4 is 4.74 Å². The van der Waals surface area contributed by atoms with Crippen molar-refractivity contribution >= 4 is 15.9 Å². The average molecular weight is 404 g/mol. The fourth-order valence-corrected chi connectivity index (χ4v) is 3.49. The number of piperidine rings is 1. The molecule has 2 aromatic carbocycles. The van der Waals surface area contributed by atoms with E-state index in [0.29, 0.717) is 0 Å². The zero-order valence-corrected chi connectivity index (χ0v) is 16.3. The van der Waals surface area contributed by atoms with E-state index >= 15 is 0 Å². The van der Waals surface area contributed by atoms with Gasteiger partial charge in [-0.2, -0.15) is 0 Å². The molecule has 1 aliphatic rings. The number of aliphatic hydroxyl groups is 1. The van der Waals surface area contributed by atoms with Crippen LogP contribution >= 0.6 is 15.9 Å². The fraction of sp³-hybridized carbons (Fsp3) is 0.429. The molecule has 1 heterocycles. The van der Waals surface area contributed by atoms with E-state index in [-0.39, 0.29) is 0 Å². The second kappa shape index (κ2) is 8.35. The van der Waals surface area contributed by atoms with E-state index in [1.165, 1.54) is 19.3 Å². The van der Waals surface area contributed by atoms with Crippen LogP contribution in [0.15, 0.2) is 53.0 Å². The van der Waals surface area contributed by atoms with Crippen LogP contribution in [0.1, 0.15) is 38.2 Å². The van der Waals surface area contributed by atoms with Gasteiger partial charge in [0.15, 0.2) is 0 Å². The maximum Gasteiger partial charge on any atom is 0.127 e. The van der Waals surface area contributed by atoms with Crippen LogP contribution in [0.4, 0.5) is 0 Å². The molecule has 1 unspecified atom stereocenters. The Morgan fingerprint density at radius 1 is 0.960 bits per heavy atom. The number of benzene rings is 2. The van der Waals surface area contributed by atoms with Crippen LogP contribution in [0.25, 0.3) is 0 Å². The van der Waals surface area contributed by atoms with E-state index < -0.39 is 5.60 Å². The molecule has 0 radical (unpaired) electrons. The summed E-state index contributed by atoms with van der Waals surface area (Å²) < 4.78 is 6.87. The van der Waals surface area contributed by atoms with Crippen molar-refractivity contribution in [1.82, 2.24) is 4.90 Å². The molecule has 0 aliphatic carbocycles. The van der Waals surface area contributed by atoms with Crippen molar-refractivity contribution in [2.75, 3.05) is 19.6 Å². The van der Waals surface area contributed by atoms with Crippen molar-refractivity contribution < 1.29 is 9.84 Å². The van der Waals surface area contributed by atoms with Crippen LogP contribution in [0.5, 0.6) is 11.5 Å². The third kappa shape index (κ3) is 5.30. The van der Waals surface area contributed by atoms with Gasteiger partial charge in [-0.1, -0.05) is 34.5 Å². The first kappa shape index (κ1) is 18.4. The zero-order valence-electron chi connectivity index (χ0n) is 14.7. The average Bonchev–Trinajstić information content (AvgIpc) is 2.63. The SMILES string of the molecule is CC(O)(CCN1CCCCC1)c1ccc(Oc2ccc(Br)cc2)cc1. The molecule has 3 rings (SSSR count). The summed E-state index contributed by atoms with van der Waals surface area (Å²) in [6, 6.07) is 15.5. The Morgan fingerprint density at radius 2 is 1.52 bits per heavy atom. The highest BCUT2D eigenvalue weighted by atomic mass is 79.9. The van der Waals surface area contributed by atoms with Gasteiger partial charge < -0.3 is 14.7 Å². The molecule has 0 saturated carbocycles. The summed E-state index contributed by atoms with van der Waals surface area (Å²) in [5.41, 5.74) is 0.126. The Kier molecular flexibility index (Phi) is 6.15. The number of hydrogen-bond donors (Lipinski definition) is 1. The summed E-state index contributed by atoms with van der Waals surface area (Å²) in [4.78, 5) is 2.46. The van der Waals surface area contributed by atoms with E-state index in [1.54, 1.807) is 0 Å². The molecule has 1 N–H and O–H groups in total. The molecule has 3 nitrogen and oxygen atoms in total. The second-order valence-electron chi connectivity index (χ2n) is 7.01. The smallest absolute Gasteiger partial charge is 0.127 e. The van der Waals surface area contributed by atoms with Gasteiger partial charge >= 0.3 is 0 Å². The Hall–Kier alpha value is -1.36. The number of likely N-dealkylation sites (tertiary alicyclic amines) is 1. The number of nitrogens with zero attached hydrogens (tertiary/aromatic N) is 1. The summed E-state index contributed by atoms with van der Waals surface area (Å²) in [5.74, 6) is 1.57. The first-order valence-electron chi connectivity index (χ1n) is 9.02. The quantitative estimate of drug-likeness (QED) is 0.707. The largest absolute Gasteiger partial charge is 0.457 e. The molecular weight excluding hydrogens is 378 g/mol. The van der Waals surface area contributed by atoms with Gasteiger partial charge in [-0.3, -0.25) is 0 Å². The third-order valence-corrected chi connectivity index (χ3v) is 5.42. The Labute approximate surface area is 158 Å². The van der Waals surface area contributed by atoms with E-state index in [0.717, 1.165) is 47.6 Å². The highest BCUT2D eigenvalue weighted by Gasteiger charge is 2.24. The molecule has 134 valence electrons. The van der Waals surface area contributed by atoms with Gasteiger partial charge in [-0.05, 0) is 81.2 Å². The molecule has 1 saturated heterocycles. The van der Waals surface area contributed by atoms with Crippen LogP contribution in [0, 0.1) is 0 Å². The molecule has 4 heteroatoms. The number of rotatable bonds is 6. The first-order chi connectivity index (χ1) is 12.0. The normalized spacial score (nSPS) is 17.9. The van der Waals surface area contributed by atoms with Crippen molar-refractivity contribution in [2.45, 2.75) is 38.2 Å². The molecule has 1 fully saturated rings. The van der Waals surface area contributed by atoms with E-state index in [1.807, 2.05) is 55.5 Å². The third-order valence-electron chi connectivity index (χ3n) is 4.89. The van der Waals surface area contributed by atoms with Crippen LogP contribution in [0.2, 0.25) is 0 Å². The number of halogens is 1. The van der Waals surface area contributed by atoms with Crippen LogP contribution in [0.3, 0.4) is 0 Å². The Balaban J connectivity index is 1.58. The van der Waals surface area contributed by atoms with Crippen molar-refractivity contribution in [1.29, 1.82) is 0 Å². The summed E-state index contributed by atoms with van der Waals surface area (Å²) >= 11 is 3.42. The molecule has 0 spiro atoms. The maximum atomic E-state index is 10.9. The van der Waals surface area contributed by atoms with Crippen molar-refractivity contribution in [3.05, 3.63) is 58.6 Å². The van der Waals surface area contributed by atoms with Gasteiger partial charge in [0, 0.05) is 11.0 Å². The molecule has 2 aromatic rings. The summed E-state index contributed by atoms with van der Waals surface area (Å²) in [6.07, 6.45) is 4.65. The minimum absolute atomic E-state index is 0.750. The van der Waals surface area contributed by atoms with Gasteiger partial charge in [-0.25, -0.2) is 0 Å². The molecule has 1 atom stereocenters. The van der Waals surface area contributed by atoms with Gasteiger partial charge in [0.1, 0.15) is 11.5 Å². The lowest BCUT2D eigenvalue weighted by Gasteiger charge is -2.31. The summed E-state index contributed by atoms with van der Waals surface area (Å²) in [5, 5.41) is 10.9. The highest BCUT2D eigenvalue weighted by Crippen LogP contribution is 2.29. The Bertz CT molecular complexity index is 661. The number of ether oxygens (including phenoxy) is 1. The first-order valence-corrected chi connectivity index (χ1v) is 9.81. The summed E-state index contributed by atoms with van der Waals surface area (Å²) in [6.45, 7) is 5.18. The lowest BCUT2D eigenvalue weighted by Crippen LogP contribution is -2.34. The van der Waals surface area contributed by atoms with Gasteiger partial charge in [0.25, 0.3) is 0 Å². The molecule has 1 aliphatic heterocycles. The Morgan fingerprint density at radius 3 is 2.12 bits per heavy atom. The topological polar surface area (TPSA) is 32.7 Å². The minimum Gasteiger partial charge on any atom is -0.457 e. The fourth-order valence-electron chi connectivity index (χ4n) is 3.22. The second-order valence-corrected chi connectivity index (χ2v) is 7.92. The molecule has 0 bridgehead atoms. The predicted molar refractivity (Wildman–Crippen MR) is 105 cm³/mol. The highest BCUT2D eigenvalue weighted by molar-refractivity contribution is 9.10. The van der Waals surface area contributed by atoms with Gasteiger partial charge in [0.2, 0.25) is 0 Å². The van der Waals surface area contributed by atoms with Crippen LogP contribution in [-0.4, -0.2) is 29.6 Å². The van der Waals surface area contributed by atoms with E-state index in [4.69, 9.17) is 4.74 Å². The standard InChI is InChI=1S/C21H26BrNO2/c1-21(24,13-16-23-14-3-2-4-15-23)17-5-9-19(10-6-17)25-20-11-7-18(22)8-12-20/h5-12,24H,2-4,13-16H2,1H3. The lowest BCUT2D eigenvalue weighted by molar-refractivity contribution is 0.0337. The minimum atomic E-state index is -0.812. The van der Waals surface area contributed by atoms with Crippen LogP contribution in [-0.2, 0) is 5.60 Å². The molecule has 25 heavy (non-hydrogen) atoms. The maximum absolute atomic E-state index is 10.9. The predicted octanol–water partition coefficient (Wildman–Crippen LogP) is 5.32. The summed E-state index contributed by atoms with van der Waals surface area (Å²) in [7, 11) is 0. The zero-order chi connectivity index (χ0) is 17.7. The van der Waals surface area contributed by atoms with Crippen molar-refractivity contribution in [3.63, 3.8) is 0 Å². The molecule has 0 amide bonds. The van der Waals surface area contributed by atoms with Crippen molar-refractivity contribution in [3.8, 4) is 11.5 Å². The molecule has 0 aromatic heterocycles. The number of hydrogen-bond acceptors (Lipinski definition) is 3.